The van der Waals surface area contributed by atoms with Gasteiger partial charge < -0.3 is 19.3 Å². The molecule has 2 unspecified atom stereocenters. The molecule has 0 aromatic heterocycles. The smallest absolute Gasteiger partial charge is 0.316 e. The first-order valence-electron chi connectivity index (χ1n) is 13.8. The van der Waals surface area contributed by atoms with Crippen LogP contribution in [0.5, 0.6) is 0 Å². The summed E-state index contributed by atoms with van der Waals surface area (Å²) in [6.45, 7) is 25.9. The third kappa shape index (κ3) is 18.3. The van der Waals surface area contributed by atoms with Crippen molar-refractivity contribution < 1.29 is 54.1 Å². The molecule has 1 N–H and O–H groups in total. The van der Waals surface area contributed by atoms with Crippen LogP contribution in [0.1, 0.15) is 110 Å². The fourth-order valence-electron chi connectivity index (χ4n) is 3.29. The second-order valence-corrected chi connectivity index (χ2v) is 10.3. The van der Waals surface area contributed by atoms with E-state index in [1.54, 1.807) is 6.92 Å². The van der Waals surface area contributed by atoms with Gasteiger partial charge in [-0.25, -0.2) is 0 Å². The molecule has 223 valence electrons. The molecule has 5 atom stereocenters. The topological polar surface area (TPSA) is 99.1 Å². The second kappa shape index (κ2) is 22.2. The fourth-order valence-corrected chi connectivity index (χ4v) is 3.29. The number of hydrogen-bond acceptors (Lipinski definition) is 7. The molecule has 0 amide bonds. The van der Waals surface area contributed by atoms with E-state index in [0.29, 0.717) is 12.3 Å². The van der Waals surface area contributed by atoms with Gasteiger partial charge in [0.05, 0.1) is 17.3 Å². The minimum Gasteiger partial charge on any atom is -0.462 e. The molecular weight excluding hydrogens is 647 g/mol. The van der Waals surface area contributed by atoms with Crippen molar-refractivity contribution in [3.63, 3.8) is 0 Å². The number of aliphatic hydroxyl groups is 1. The van der Waals surface area contributed by atoms with Crippen molar-refractivity contribution in [2.24, 2.45) is 23.7 Å². The molecule has 1 radical (unpaired) electrons. The van der Waals surface area contributed by atoms with E-state index in [1.165, 1.54) is 20.8 Å². The first kappa shape index (κ1) is 43.4. The van der Waals surface area contributed by atoms with E-state index in [1.807, 2.05) is 69.2 Å². The quantitative estimate of drug-likeness (QED) is 0.155. The van der Waals surface area contributed by atoms with Crippen LogP contribution in [0.2, 0.25) is 0 Å². The maximum atomic E-state index is 13.0. The Morgan fingerprint density at radius 1 is 0.865 bits per heavy atom. The summed E-state index contributed by atoms with van der Waals surface area (Å²) in [4.78, 5) is 37.6. The predicted molar refractivity (Wildman–Crippen MR) is 147 cm³/mol. The van der Waals surface area contributed by atoms with Crippen molar-refractivity contribution in [1.29, 1.82) is 0 Å². The van der Waals surface area contributed by atoms with E-state index in [0.717, 1.165) is 6.42 Å². The first-order chi connectivity index (χ1) is 16.6. The van der Waals surface area contributed by atoms with Crippen molar-refractivity contribution in [2.75, 3.05) is 19.8 Å². The van der Waals surface area contributed by atoms with Crippen LogP contribution in [0.25, 0.3) is 0 Å². The zero-order valence-electron chi connectivity index (χ0n) is 26.2. The average molecular weight is 705 g/mol. The Hall–Kier alpha value is -0.648. The number of hydrogen-bond donors (Lipinski definition) is 1. The Morgan fingerprint density at radius 2 is 1.35 bits per heavy atom. The summed E-state index contributed by atoms with van der Waals surface area (Å²) >= 11 is 0. The van der Waals surface area contributed by atoms with E-state index in [2.05, 4.69) is 0 Å². The van der Waals surface area contributed by atoms with Crippen LogP contribution in [0.3, 0.4) is 0 Å². The van der Waals surface area contributed by atoms with Gasteiger partial charge in [-0.15, -0.1) is 0 Å². The van der Waals surface area contributed by atoms with E-state index in [-0.39, 0.29) is 63.8 Å². The van der Waals surface area contributed by atoms with Crippen molar-refractivity contribution in [3.8, 4) is 0 Å². The Morgan fingerprint density at radius 3 is 1.76 bits per heavy atom. The summed E-state index contributed by atoms with van der Waals surface area (Å²) in [6.07, 6.45) is 1.47. The fraction of sp³-hybridized carbons (Fsp3) is 0.897. The van der Waals surface area contributed by atoms with Gasteiger partial charge >= 0.3 is 5.97 Å². The van der Waals surface area contributed by atoms with Crippen LogP contribution < -0.4 is 0 Å². The minimum absolute atomic E-state index is 0. The molecule has 0 saturated carbocycles. The van der Waals surface area contributed by atoms with Gasteiger partial charge in [0.2, 0.25) is 0 Å². The third-order valence-electron chi connectivity index (χ3n) is 6.27. The van der Waals surface area contributed by atoms with Gasteiger partial charge in [0.25, 0.3) is 0 Å². The Bertz CT molecular complexity index is 616. The largest absolute Gasteiger partial charge is 0.462 e. The maximum absolute atomic E-state index is 13.0. The normalized spacial score (nSPS) is 15.8. The molecule has 0 fully saturated rings. The number of carbonyl (C=O) groups is 3. The van der Waals surface area contributed by atoms with Crippen LogP contribution in [0.4, 0.5) is 0 Å². The summed E-state index contributed by atoms with van der Waals surface area (Å²) in [5.41, 5.74) is -1.87. The average Bonchev–Trinajstić information content (AvgIpc) is 2.84. The molecule has 7 nitrogen and oxygen atoms in total. The maximum Gasteiger partial charge on any atom is 0.316 e. The Labute approximate surface area is 241 Å². The van der Waals surface area contributed by atoms with Crippen molar-refractivity contribution >= 4 is 17.5 Å². The number of ketones is 2. The molecule has 0 rings (SSSR count). The van der Waals surface area contributed by atoms with Crippen LogP contribution >= 0.6 is 0 Å². The zero-order chi connectivity index (χ0) is 29.3. The Kier molecular flexibility index (Phi) is 26.0. The zero-order valence-corrected chi connectivity index (χ0v) is 28.9. The molecule has 0 saturated heterocycles. The molecule has 0 spiro atoms. The number of rotatable bonds is 16. The molecule has 0 heterocycles. The number of carbonyl (C=O) groups excluding carboxylic acids is 3. The Balaban J connectivity index is -0.00000103. The molecular formula is C29H58O7Re. The van der Waals surface area contributed by atoms with Crippen LogP contribution in [0, 0.1) is 23.7 Å². The summed E-state index contributed by atoms with van der Waals surface area (Å²) in [5, 5.41) is 9.73. The summed E-state index contributed by atoms with van der Waals surface area (Å²) in [7, 11) is 0. The standard InChI is InChI=1S/C25H46O7.2C2H6.Re/c1-11-12-25(10,32-14-21(26)13-30-20(7)16(2)3)19(6)17(4)22(27)18(5)23(28)31-15-24(8,9)29;2*1-2;/h16-20,29H,11-15H2,1-10H3;2*1-2H3;/t17-,18?,19-,20?,25-;;;/m1.../s1. The van der Waals surface area contributed by atoms with E-state index in [4.69, 9.17) is 14.2 Å². The number of Topliss-reactive ketones (excluding diaryl/α,β-unsaturated/α-hetero) is 2. The van der Waals surface area contributed by atoms with Crippen LogP contribution in [-0.4, -0.2) is 59.8 Å². The van der Waals surface area contributed by atoms with Gasteiger partial charge in [0.1, 0.15) is 31.5 Å². The van der Waals surface area contributed by atoms with Crippen molar-refractivity contribution in [1.82, 2.24) is 0 Å². The second-order valence-electron chi connectivity index (χ2n) is 10.3. The molecule has 0 aliphatic heterocycles. The van der Waals surface area contributed by atoms with Gasteiger partial charge in [-0.05, 0) is 52.9 Å². The number of ether oxygens (including phenoxy) is 3. The van der Waals surface area contributed by atoms with Gasteiger partial charge in [0, 0.05) is 26.3 Å². The molecule has 0 aromatic rings. The number of esters is 1. The molecule has 0 bridgehead atoms. The molecule has 37 heavy (non-hydrogen) atoms. The monoisotopic (exact) mass is 705 g/mol. The van der Waals surface area contributed by atoms with Gasteiger partial charge in [-0.3, -0.25) is 14.4 Å². The van der Waals surface area contributed by atoms with E-state index >= 15 is 0 Å². The van der Waals surface area contributed by atoms with E-state index < -0.39 is 29.0 Å². The molecule has 0 aromatic carbocycles. The minimum atomic E-state index is -1.16. The van der Waals surface area contributed by atoms with E-state index in [9.17, 15) is 19.5 Å². The van der Waals surface area contributed by atoms with Crippen LogP contribution in [-0.2, 0) is 49.0 Å². The first-order valence-corrected chi connectivity index (χ1v) is 13.8. The van der Waals surface area contributed by atoms with Crippen molar-refractivity contribution in [3.05, 3.63) is 0 Å². The van der Waals surface area contributed by atoms with Gasteiger partial charge in [0.15, 0.2) is 5.78 Å². The molecule has 8 heteroatoms. The summed E-state index contributed by atoms with van der Waals surface area (Å²) in [5.74, 6) is -2.39. The third-order valence-corrected chi connectivity index (χ3v) is 6.27. The summed E-state index contributed by atoms with van der Waals surface area (Å²) < 4.78 is 16.7. The summed E-state index contributed by atoms with van der Waals surface area (Å²) in [6, 6.07) is 0. The molecule has 0 aliphatic rings. The van der Waals surface area contributed by atoms with Crippen LogP contribution in [0.15, 0.2) is 0 Å². The van der Waals surface area contributed by atoms with Crippen molar-refractivity contribution in [2.45, 2.75) is 127 Å². The van der Waals surface area contributed by atoms with Gasteiger partial charge in [-0.1, -0.05) is 68.7 Å². The predicted octanol–water partition coefficient (Wildman–Crippen LogP) is 6.03. The SMILES string of the molecule is CC.CC.CCC[C@@](C)(OCC(=O)COC(C)C(C)C)[C@H](C)[C@@H](C)C(=O)C(C)C(=O)OCC(C)(C)O.[Re]. The van der Waals surface area contributed by atoms with Gasteiger partial charge in [-0.2, -0.15) is 0 Å². The molecule has 0 aliphatic carbocycles.